The first-order chi connectivity index (χ1) is 15.2. The molecule has 4 aromatic heterocycles. The van der Waals surface area contributed by atoms with Crippen molar-refractivity contribution in [2.45, 2.75) is 32.6 Å². The normalized spacial score (nSPS) is 12.5. The van der Waals surface area contributed by atoms with E-state index in [0.29, 0.717) is 17.8 Å². The van der Waals surface area contributed by atoms with E-state index in [0.717, 1.165) is 22.9 Å². The van der Waals surface area contributed by atoms with Crippen LogP contribution in [0.4, 0.5) is 13.2 Å². The lowest BCUT2D eigenvalue weighted by atomic mass is 10.1. The molecule has 0 N–H and O–H groups in total. The lowest BCUT2D eigenvalue weighted by Crippen LogP contribution is -2.05. The third-order valence-electron chi connectivity index (χ3n) is 5.26. The van der Waals surface area contributed by atoms with Crippen molar-refractivity contribution in [1.82, 2.24) is 33.5 Å². The number of fused-ring (bicyclic) bond motifs is 3. The van der Waals surface area contributed by atoms with Crippen molar-refractivity contribution >= 4 is 28.4 Å². The molecule has 0 radical (unpaired) electrons. The van der Waals surface area contributed by atoms with Crippen molar-refractivity contribution < 1.29 is 13.2 Å². The lowest BCUT2D eigenvalue weighted by molar-refractivity contribution is -0.140. The minimum Gasteiger partial charge on any atom is -0.328 e. The number of aromatic nitrogens is 7. The van der Waals surface area contributed by atoms with E-state index in [1.807, 2.05) is 34.9 Å². The highest BCUT2D eigenvalue weighted by Gasteiger charge is 2.35. The summed E-state index contributed by atoms with van der Waals surface area (Å²) in [5.74, 6) is 0.281. The summed E-state index contributed by atoms with van der Waals surface area (Å²) in [7, 11) is 0. The number of halogens is 4. The molecule has 7 nitrogen and oxygen atoms in total. The summed E-state index contributed by atoms with van der Waals surface area (Å²) in [6.07, 6.45) is 1.60. The molecule has 0 saturated carbocycles. The van der Waals surface area contributed by atoms with Crippen LogP contribution in [0.15, 0.2) is 49.2 Å². The summed E-state index contributed by atoms with van der Waals surface area (Å²) in [5.41, 5.74) is 2.90. The fourth-order valence-corrected chi connectivity index (χ4v) is 3.86. The summed E-state index contributed by atoms with van der Waals surface area (Å²) in [4.78, 5) is 16.4. The van der Waals surface area contributed by atoms with Crippen molar-refractivity contribution in [1.29, 1.82) is 0 Å². The number of hydrogen-bond donors (Lipinski definition) is 0. The van der Waals surface area contributed by atoms with E-state index in [-0.39, 0.29) is 17.1 Å². The number of rotatable bonds is 4. The molecule has 0 aliphatic carbocycles. The summed E-state index contributed by atoms with van der Waals surface area (Å²) in [6, 6.07) is 7.11. The minimum atomic E-state index is -4.50. The van der Waals surface area contributed by atoms with Crippen molar-refractivity contribution in [3.63, 3.8) is 0 Å². The zero-order chi connectivity index (χ0) is 22.6. The third-order valence-corrected chi connectivity index (χ3v) is 5.45. The van der Waals surface area contributed by atoms with Gasteiger partial charge < -0.3 is 9.13 Å². The van der Waals surface area contributed by atoms with E-state index in [1.54, 1.807) is 30.9 Å². The van der Waals surface area contributed by atoms with Crippen molar-refractivity contribution in [2.24, 2.45) is 0 Å². The number of alkyl halides is 3. The van der Waals surface area contributed by atoms with Gasteiger partial charge in [0.1, 0.15) is 23.3 Å². The van der Waals surface area contributed by atoms with Gasteiger partial charge in [-0.05, 0) is 31.0 Å². The monoisotopic (exact) mass is 459 g/mol. The number of benzene rings is 1. The van der Waals surface area contributed by atoms with Crippen LogP contribution in [0.3, 0.4) is 0 Å². The first-order valence-corrected chi connectivity index (χ1v) is 10.2. The summed E-state index contributed by atoms with van der Waals surface area (Å²) < 4.78 is 44.9. The SMILES string of the molecule is CC(C)n1cc(C(F)(F)F)nc1-c1ccc(Cn2c3nc(Cl)ncc3n3cncc23)cc1. The second kappa shape index (κ2) is 7.33. The van der Waals surface area contributed by atoms with Gasteiger partial charge in [0, 0.05) is 17.8 Å². The van der Waals surface area contributed by atoms with Crippen LogP contribution in [0.5, 0.6) is 0 Å². The molecule has 5 aromatic rings. The highest BCUT2D eigenvalue weighted by Crippen LogP contribution is 2.32. The Hall–Kier alpha value is -3.40. The van der Waals surface area contributed by atoms with E-state index >= 15 is 0 Å². The zero-order valence-electron chi connectivity index (χ0n) is 17.0. The maximum atomic E-state index is 13.2. The number of nitrogens with zero attached hydrogens (tertiary/aromatic N) is 7. The number of hydrogen-bond acceptors (Lipinski definition) is 4. The van der Waals surface area contributed by atoms with E-state index in [4.69, 9.17) is 11.6 Å². The van der Waals surface area contributed by atoms with Gasteiger partial charge in [-0.3, -0.25) is 4.40 Å². The van der Waals surface area contributed by atoms with Crippen molar-refractivity contribution in [2.75, 3.05) is 0 Å². The Balaban J connectivity index is 1.52. The van der Waals surface area contributed by atoms with E-state index < -0.39 is 11.9 Å². The van der Waals surface area contributed by atoms with Crippen molar-refractivity contribution in [3.05, 3.63) is 65.7 Å². The van der Waals surface area contributed by atoms with Crippen LogP contribution in [-0.2, 0) is 12.7 Å². The predicted octanol–water partition coefficient (Wildman–Crippen LogP) is 5.24. The first kappa shape index (κ1) is 20.5. The molecule has 32 heavy (non-hydrogen) atoms. The van der Waals surface area contributed by atoms with Gasteiger partial charge in [0.2, 0.25) is 5.28 Å². The second-order valence-electron chi connectivity index (χ2n) is 7.70. The predicted molar refractivity (Wildman–Crippen MR) is 113 cm³/mol. The van der Waals surface area contributed by atoms with Crippen LogP contribution in [-0.4, -0.2) is 33.5 Å². The number of imidazole rings is 3. The molecule has 4 heterocycles. The molecule has 0 fully saturated rings. The Bertz CT molecular complexity index is 1430. The Morgan fingerprint density at radius 2 is 1.81 bits per heavy atom. The van der Waals surface area contributed by atoms with Gasteiger partial charge in [0.25, 0.3) is 0 Å². The second-order valence-corrected chi connectivity index (χ2v) is 8.04. The Labute approximate surface area is 185 Å². The third kappa shape index (κ3) is 3.40. The molecule has 5 rings (SSSR count). The Kier molecular flexibility index (Phi) is 4.70. The molecule has 11 heteroatoms. The van der Waals surface area contributed by atoms with Crippen molar-refractivity contribution in [3.8, 4) is 11.4 Å². The van der Waals surface area contributed by atoms with Gasteiger partial charge in [0.05, 0.1) is 18.9 Å². The quantitative estimate of drug-likeness (QED) is 0.344. The molecular weight excluding hydrogens is 443 g/mol. The fourth-order valence-electron chi connectivity index (χ4n) is 3.73. The highest BCUT2D eigenvalue weighted by molar-refractivity contribution is 6.28. The van der Waals surface area contributed by atoms with Gasteiger partial charge in [-0.25, -0.2) is 15.0 Å². The molecule has 0 aliphatic heterocycles. The molecule has 0 unspecified atom stereocenters. The zero-order valence-corrected chi connectivity index (χ0v) is 17.8. The van der Waals surface area contributed by atoms with Gasteiger partial charge in [-0.1, -0.05) is 24.3 Å². The van der Waals surface area contributed by atoms with Gasteiger partial charge in [-0.15, -0.1) is 0 Å². The molecule has 0 amide bonds. The average molecular weight is 460 g/mol. The standard InChI is InChI=1S/C21H17ClF3N7/c1-12(2)30-10-16(21(23,24)25)28-18(30)14-5-3-13(4-6-14)9-31-17-8-26-11-32(17)15-7-27-20(22)29-19(15)31/h3-8,10-12H,9H2,1-2H3. The molecule has 0 saturated heterocycles. The van der Waals surface area contributed by atoms with Crippen LogP contribution >= 0.6 is 11.6 Å². The summed E-state index contributed by atoms with van der Waals surface area (Å²) >= 11 is 6.00. The molecule has 0 aliphatic rings. The summed E-state index contributed by atoms with van der Waals surface area (Å²) in [5, 5.41) is 0.142. The fraction of sp³-hybridized carbons (Fsp3) is 0.238. The molecule has 1 aromatic carbocycles. The molecule has 164 valence electrons. The molecule has 0 bridgehead atoms. The van der Waals surface area contributed by atoms with Crippen LogP contribution in [0, 0.1) is 0 Å². The van der Waals surface area contributed by atoms with Crippen LogP contribution in [0.25, 0.3) is 28.2 Å². The van der Waals surface area contributed by atoms with Crippen LogP contribution in [0.1, 0.15) is 31.1 Å². The smallest absolute Gasteiger partial charge is 0.328 e. The van der Waals surface area contributed by atoms with Gasteiger partial charge in [-0.2, -0.15) is 18.2 Å². The largest absolute Gasteiger partial charge is 0.434 e. The highest BCUT2D eigenvalue weighted by atomic mass is 35.5. The Morgan fingerprint density at radius 1 is 1.06 bits per heavy atom. The topological polar surface area (TPSA) is 65.8 Å². The van der Waals surface area contributed by atoms with Crippen LogP contribution < -0.4 is 0 Å². The van der Waals surface area contributed by atoms with E-state index in [9.17, 15) is 13.2 Å². The van der Waals surface area contributed by atoms with Crippen LogP contribution in [0.2, 0.25) is 5.28 Å². The molecule has 0 atom stereocenters. The average Bonchev–Trinajstić information content (AvgIpc) is 3.44. The lowest BCUT2D eigenvalue weighted by Gasteiger charge is -2.12. The summed E-state index contributed by atoms with van der Waals surface area (Å²) in [6.45, 7) is 4.11. The maximum Gasteiger partial charge on any atom is 0.434 e. The van der Waals surface area contributed by atoms with Gasteiger partial charge in [0.15, 0.2) is 11.3 Å². The molecular formula is C21H17ClF3N7. The first-order valence-electron chi connectivity index (χ1n) is 9.80. The van der Waals surface area contributed by atoms with E-state index in [2.05, 4.69) is 19.9 Å². The maximum absolute atomic E-state index is 13.2. The van der Waals surface area contributed by atoms with E-state index in [1.165, 1.54) is 4.57 Å². The Morgan fingerprint density at radius 3 is 2.50 bits per heavy atom. The molecule has 0 spiro atoms. The minimum absolute atomic E-state index is 0.142. The van der Waals surface area contributed by atoms with Gasteiger partial charge >= 0.3 is 6.18 Å².